The molecule has 10 nitrogen and oxygen atoms in total. The maximum absolute atomic E-state index is 13.3. The summed E-state index contributed by atoms with van der Waals surface area (Å²) in [7, 11) is 3.40. The molecule has 16 atom stereocenters. The van der Waals surface area contributed by atoms with Crippen molar-refractivity contribution in [1.82, 2.24) is 20.0 Å². The number of rotatable bonds is 9. The lowest BCUT2D eigenvalue weighted by molar-refractivity contribution is -0.164. The third kappa shape index (κ3) is 10.2. The van der Waals surface area contributed by atoms with E-state index in [9.17, 15) is 19.8 Å². The number of ether oxygens (including phenoxy) is 2. The first-order chi connectivity index (χ1) is 30.8. The van der Waals surface area contributed by atoms with Crippen LogP contribution in [0.4, 0.5) is 0 Å². The van der Waals surface area contributed by atoms with Crippen molar-refractivity contribution in [2.45, 2.75) is 189 Å². The van der Waals surface area contributed by atoms with E-state index in [0.717, 1.165) is 87.4 Å². The monoisotopic (exact) mass is 973 g/mol. The van der Waals surface area contributed by atoms with E-state index in [1.807, 2.05) is 6.92 Å². The Kier molecular flexibility index (Phi) is 17.2. The molecule has 3 N–H and O–H groups in total. The SMILES string of the molecule is C.C.CCC(=O)[C@H]1CC[C@H]2[C@@H]3CC[C@H]4C[C@@](O)(COC)CC[C@]4(C)[C@H]3CC[C@]12C.COC[C@@]1(O)CC[C@@]2(C)[C@@H](CC[C@@H]3[C@@H]2CC[C@]2(C)[C@@H](C(=O)Cn4cc(Cl)cn4)CC[C@@H]32)C1.Clc1cn[nH]c1. The topological polar surface area (TPSA) is 140 Å². The summed E-state index contributed by atoms with van der Waals surface area (Å²) in [6, 6.07) is 0. The van der Waals surface area contributed by atoms with Gasteiger partial charge in [0.2, 0.25) is 0 Å². The Labute approximate surface area is 414 Å². The van der Waals surface area contributed by atoms with Crippen LogP contribution < -0.4 is 0 Å². The molecule has 2 aromatic heterocycles. The number of carbonyl (C=O) groups is 2. The number of hydrogen-bond donors (Lipinski definition) is 3. The number of halogens is 2. The van der Waals surface area contributed by atoms with Crippen molar-refractivity contribution in [3.8, 4) is 0 Å². The minimum absolute atomic E-state index is 0. The van der Waals surface area contributed by atoms with Crippen LogP contribution in [0.15, 0.2) is 24.8 Å². The molecular weight excluding hydrogens is 884 g/mol. The molecule has 380 valence electrons. The summed E-state index contributed by atoms with van der Waals surface area (Å²) in [6.45, 7) is 13.2. The second-order valence-corrected chi connectivity index (χ2v) is 24.8. The van der Waals surface area contributed by atoms with Gasteiger partial charge in [-0.3, -0.25) is 19.4 Å². The first kappa shape index (κ1) is 54.5. The number of nitrogens with zero attached hydrogens (tertiary/aromatic N) is 3. The van der Waals surface area contributed by atoms with Crippen LogP contribution >= 0.6 is 23.2 Å². The van der Waals surface area contributed by atoms with Gasteiger partial charge in [-0.1, -0.05) is 72.7 Å². The largest absolute Gasteiger partial charge is 0.387 e. The Morgan fingerprint density at radius 1 is 0.657 bits per heavy atom. The second kappa shape index (κ2) is 21.1. The number of aromatic amines is 1. The summed E-state index contributed by atoms with van der Waals surface area (Å²) in [5.41, 5.74) is -0.196. The molecule has 0 saturated heterocycles. The smallest absolute Gasteiger partial charge is 0.157 e. The van der Waals surface area contributed by atoms with Crippen LogP contribution in [0.25, 0.3) is 0 Å². The normalized spacial score (nSPS) is 43.6. The Morgan fingerprint density at radius 2 is 1.13 bits per heavy atom. The van der Waals surface area contributed by atoms with Gasteiger partial charge in [-0.25, -0.2) is 0 Å². The van der Waals surface area contributed by atoms with Gasteiger partial charge in [0.15, 0.2) is 5.78 Å². The number of Topliss-reactive ketones (excluding diaryl/α,β-unsaturated/α-hetero) is 2. The second-order valence-electron chi connectivity index (χ2n) is 23.9. The number of hydrogen-bond acceptors (Lipinski definition) is 8. The number of aliphatic hydroxyl groups is 2. The van der Waals surface area contributed by atoms with Gasteiger partial charge in [-0.2, -0.15) is 10.2 Å². The Morgan fingerprint density at radius 3 is 1.52 bits per heavy atom. The third-order valence-corrected chi connectivity index (χ3v) is 21.4. The van der Waals surface area contributed by atoms with Crippen LogP contribution in [0.1, 0.15) is 171 Å². The Bertz CT molecular complexity index is 1960. The van der Waals surface area contributed by atoms with Crippen molar-refractivity contribution >= 4 is 34.8 Å². The summed E-state index contributed by atoms with van der Waals surface area (Å²) in [4.78, 5) is 25.9. The van der Waals surface area contributed by atoms with Crippen LogP contribution in [0.2, 0.25) is 10.0 Å². The van der Waals surface area contributed by atoms with Crippen LogP contribution in [-0.4, -0.2) is 80.4 Å². The third-order valence-electron chi connectivity index (χ3n) is 21.0. The summed E-state index contributed by atoms with van der Waals surface area (Å²) in [5, 5.41) is 33.6. The first-order valence-corrected chi connectivity index (χ1v) is 26.4. The number of nitrogens with one attached hydrogen (secondary N) is 1. The average molecular weight is 974 g/mol. The molecule has 67 heavy (non-hydrogen) atoms. The van der Waals surface area contributed by atoms with Crippen LogP contribution in [0.5, 0.6) is 0 Å². The fourth-order valence-corrected chi connectivity index (χ4v) is 17.9. The predicted molar refractivity (Wildman–Crippen MR) is 269 cm³/mol. The number of methoxy groups -OCH3 is 2. The molecule has 8 saturated carbocycles. The quantitative estimate of drug-likeness (QED) is 0.226. The molecule has 0 aromatic carbocycles. The number of H-pyrrole nitrogens is 1. The predicted octanol–water partition coefficient (Wildman–Crippen LogP) is 12.5. The lowest BCUT2D eigenvalue weighted by Gasteiger charge is -2.62. The van der Waals surface area contributed by atoms with Gasteiger partial charge in [0, 0.05) is 44.9 Å². The van der Waals surface area contributed by atoms with E-state index in [1.54, 1.807) is 43.7 Å². The highest BCUT2D eigenvalue weighted by Crippen LogP contribution is 2.70. The van der Waals surface area contributed by atoms with Gasteiger partial charge in [0.1, 0.15) is 5.78 Å². The van der Waals surface area contributed by atoms with Crippen molar-refractivity contribution in [2.75, 3.05) is 27.4 Å². The summed E-state index contributed by atoms with van der Waals surface area (Å²) >= 11 is 11.4. The summed E-state index contributed by atoms with van der Waals surface area (Å²) < 4.78 is 12.4. The molecule has 0 amide bonds. The molecule has 12 heteroatoms. The minimum Gasteiger partial charge on any atom is -0.387 e. The molecule has 0 unspecified atom stereocenters. The molecule has 0 bridgehead atoms. The maximum Gasteiger partial charge on any atom is 0.157 e. The van der Waals surface area contributed by atoms with Gasteiger partial charge in [-0.15, -0.1) is 0 Å². The van der Waals surface area contributed by atoms with E-state index in [1.165, 1.54) is 57.8 Å². The van der Waals surface area contributed by atoms with Crippen molar-refractivity contribution in [3.05, 3.63) is 34.8 Å². The number of carbonyl (C=O) groups excluding carboxylic acids is 2. The standard InChI is InChI=1S/C26H39ClN2O3.C24H40O3.C3H3ClN2.2CH4/c1-24-10-11-26(31,16-32-3)12-17(24)4-5-19-20-6-7-22(25(20,2)9-8-21(19)24)23(30)15-29-14-18(27)13-28-29;1-5-21(25)20-9-8-18-17-7-6-16-14-24(26,15-27-4)13-12-22(16,2)19(17)10-11-23(18,20)3;4-3-1-5-6-2-3;;/h13-14,17,19-22,31H,4-12,15-16H2,1-3H3;16-20,26H,5-15H2,1-4H3;1-2H,(H,5,6);2*1H4/t17-,19-,20-,21-,22+,24-,25-,26+;16-,17-,18-,19-,20+,22-,23-,24+;;;/m00.../s1. The molecule has 10 rings (SSSR count). The van der Waals surface area contributed by atoms with Gasteiger partial charge in [0.05, 0.1) is 53.4 Å². The fraction of sp³-hybridized carbons (Fsp3) is 0.855. The minimum atomic E-state index is -0.644. The summed E-state index contributed by atoms with van der Waals surface area (Å²) in [6.07, 6.45) is 27.5. The zero-order valence-electron chi connectivity index (χ0n) is 40.8. The highest BCUT2D eigenvalue weighted by Gasteiger charge is 2.64. The molecule has 8 aliphatic rings. The average Bonchev–Trinajstić information content (AvgIpc) is 4.08. The van der Waals surface area contributed by atoms with E-state index in [4.69, 9.17) is 32.7 Å². The Hall–Kier alpha value is -1.82. The van der Waals surface area contributed by atoms with Crippen LogP contribution in [0, 0.1) is 80.8 Å². The van der Waals surface area contributed by atoms with Gasteiger partial charge in [-0.05, 0) is 185 Å². The fourth-order valence-electron chi connectivity index (χ4n) is 17.7. The van der Waals surface area contributed by atoms with E-state index < -0.39 is 11.2 Å². The molecule has 0 aliphatic heterocycles. The van der Waals surface area contributed by atoms with Gasteiger partial charge >= 0.3 is 0 Å². The molecule has 2 heterocycles. The molecule has 8 aliphatic carbocycles. The van der Waals surface area contributed by atoms with Crippen LogP contribution in [-0.2, 0) is 25.6 Å². The van der Waals surface area contributed by atoms with Crippen molar-refractivity contribution < 1.29 is 29.3 Å². The lowest BCUT2D eigenvalue weighted by atomic mass is 9.44. The van der Waals surface area contributed by atoms with Gasteiger partial charge < -0.3 is 19.7 Å². The van der Waals surface area contributed by atoms with E-state index in [0.29, 0.717) is 82.3 Å². The zero-order valence-corrected chi connectivity index (χ0v) is 42.3. The first-order valence-electron chi connectivity index (χ1n) is 25.7. The van der Waals surface area contributed by atoms with Gasteiger partial charge in [0.25, 0.3) is 0 Å². The van der Waals surface area contributed by atoms with Crippen LogP contribution in [0.3, 0.4) is 0 Å². The molecule has 0 spiro atoms. The molecular formula is C55H90Cl2N4O6. The summed E-state index contributed by atoms with van der Waals surface area (Å²) in [5.74, 6) is 6.95. The van der Waals surface area contributed by atoms with Crippen molar-refractivity contribution in [3.63, 3.8) is 0 Å². The highest BCUT2D eigenvalue weighted by molar-refractivity contribution is 6.30. The Balaban J connectivity index is 0.000000193. The number of ketones is 2. The maximum atomic E-state index is 13.3. The number of fused-ring (bicyclic) bond motifs is 10. The van der Waals surface area contributed by atoms with Crippen molar-refractivity contribution in [2.24, 2.45) is 80.8 Å². The molecule has 8 fully saturated rings. The van der Waals surface area contributed by atoms with E-state index in [-0.39, 0.29) is 31.6 Å². The highest BCUT2D eigenvalue weighted by atomic mass is 35.5. The molecule has 2 aromatic rings. The zero-order chi connectivity index (χ0) is 46.6. The van der Waals surface area contributed by atoms with E-state index in [2.05, 4.69) is 43.0 Å². The molecule has 0 radical (unpaired) electrons. The van der Waals surface area contributed by atoms with Crippen molar-refractivity contribution in [1.29, 1.82) is 0 Å². The lowest BCUT2D eigenvalue weighted by Crippen LogP contribution is -2.56. The van der Waals surface area contributed by atoms with E-state index >= 15 is 0 Å². The number of aromatic nitrogens is 4.